The topological polar surface area (TPSA) is 65.4 Å². The van der Waals surface area contributed by atoms with Crippen LogP contribution in [-0.2, 0) is 16.0 Å². The Hall–Kier alpha value is -1.97. The summed E-state index contributed by atoms with van der Waals surface area (Å²) < 4.78 is 20.5. The van der Waals surface area contributed by atoms with Gasteiger partial charge in [-0.3, -0.25) is 4.79 Å². The predicted octanol–water partition coefficient (Wildman–Crippen LogP) is 3.08. The Bertz CT molecular complexity index is 853. The van der Waals surface area contributed by atoms with Gasteiger partial charge >= 0.3 is 0 Å². The maximum absolute atomic E-state index is 14.9. The van der Waals surface area contributed by atoms with Gasteiger partial charge in [-0.15, -0.1) is 0 Å². The summed E-state index contributed by atoms with van der Waals surface area (Å²) in [5.74, 6) is 0.965. The Morgan fingerprint density at radius 1 is 1.27 bits per heavy atom. The number of nitrogens with one attached hydrogen (secondary N) is 1. The lowest BCUT2D eigenvalue weighted by Crippen LogP contribution is -2.42. The number of halogens is 1. The number of hydrogen-bond acceptors (Lipinski definition) is 5. The van der Waals surface area contributed by atoms with Crippen molar-refractivity contribution in [3.8, 4) is 6.07 Å². The van der Waals surface area contributed by atoms with Crippen LogP contribution < -0.4 is 10.2 Å². The number of fused-ring (bicyclic) bond motifs is 3. The molecule has 2 bridgehead atoms. The van der Waals surface area contributed by atoms with E-state index in [1.807, 2.05) is 6.07 Å². The molecule has 1 N–H and O–H groups in total. The number of hydrogen-bond donors (Lipinski definition) is 1. The molecule has 0 spiro atoms. The quantitative estimate of drug-likeness (QED) is 0.779. The van der Waals surface area contributed by atoms with E-state index in [4.69, 9.17) is 4.74 Å². The van der Waals surface area contributed by atoms with E-state index in [-0.39, 0.29) is 30.5 Å². The van der Waals surface area contributed by atoms with Crippen LogP contribution in [0.3, 0.4) is 0 Å². The number of rotatable bonds is 6. The van der Waals surface area contributed by atoms with E-state index in [9.17, 15) is 14.4 Å². The standard InChI is InChI=1S/C24H30FN3O2/c25-22-10-21(28-6-5-18-13-30-14-19(18)12-28)4-2-16(22)7-15(11-26)8-23(29)24-17-1-3-20(9-17)27-24/h2,4,10,15,17-20,24,27H,1,3,5-9,12-14H2/t15-,17+,18?,19?,20-,24+/m1/s1. The molecule has 5 nitrogen and oxygen atoms in total. The molecule has 5 rings (SSSR count). The fraction of sp³-hybridized carbons (Fsp3) is 0.667. The minimum atomic E-state index is -0.481. The molecule has 1 aromatic carbocycles. The number of nitrogens with zero attached hydrogens (tertiary/aromatic N) is 2. The first-order valence-electron chi connectivity index (χ1n) is 11.4. The van der Waals surface area contributed by atoms with Crippen LogP contribution in [0, 0.1) is 40.8 Å². The van der Waals surface area contributed by atoms with Crippen molar-refractivity contribution in [2.24, 2.45) is 23.7 Å². The van der Waals surface area contributed by atoms with Crippen LogP contribution in [0.1, 0.15) is 37.7 Å². The average Bonchev–Trinajstić information content (AvgIpc) is 3.50. The summed E-state index contributed by atoms with van der Waals surface area (Å²) in [5.41, 5.74) is 1.43. The fourth-order valence-corrected chi connectivity index (χ4v) is 6.01. The highest BCUT2D eigenvalue weighted by molar-refractivity contribution is 5.85. The lowest BCUT2D eigenvalue weighted by Gasteiger charge is -2.35. The predicted molar refractivity (Wildman–Crippen MR) is 112 cm³/mol. The largest absolute Gasteiger partial charge is 0.381 e. The van der Waals surface area contributed by atoms with Gasteiger partial charge in [-0.1, -0.05) is 6.07 Å². The summed E-state index contributed by atoms with van der Waals surface area (Å²) in [6.45, 7) is 3.50. The van der Waals surface area contributed by atoms with Crippen molar-refractivity contribution < 1.29 is 13.9 Å². The highest BCUT2D eigenvalue weighted by Gasteiger charge is 2.42. The smallest absolute Gasteiger partial charge is 0.151 e. The second-order valence-electron chi connectivity index (χ2n) is 9.68. The molecular weight excluding hydrogens is 381 g/mol. The third-order valence-corrected chi connectivity index (χ3v) is 7.76. The van der Waals surface area contributed by atoms with Gasteiger partial charge in [0.2, 0.25) is 0 Å². The van der Waals surface area contributed by atoms with Crippen molar-refractivity contribution >= 4 is 11.5 Å². The van der Waals surface area contributed by atoms with E-state index in [1.165, 1.54) is 0 Å². The summed E-state index contributed by atoms with van der Waals surface area (Å²) in [6, 6.07) is 7.96. The number of nitriles is 1. The van der Waals surface area contributed by atoms with Crippen molar-refractivity contribution in [2.45, 2.75) is 50.6 Å². The Morgan fingerprint density at radius 2 is 2.13 bits per heavy atom. The second-order valence-corrected chi connectivity index (χ2v) is 9.68. The van der Waals surface area contributed by atoms with E-state index in [1.54, 1.807) is 12.1 Å². The van der Waals surface area contributed by atoms with Gasteiger partial charge in [0, 0.05) is 43.8 Å². The lowest BCUT2D eigenvalue weighted by molar-refractivity contribution is -0.122. The molecule has 0 amide bonds. The summed E-state index contributed by atoms with van der Waals surface area (Å²) in [5, 5.41) is 13.0. The number of Topliss-reactive ketones (excluding diaryl/α,β-unsaturated/α-hetero) is 1. The van der Waals surface area contributed by atoms with Gasteiger partial charge in [0.25, 0.3) is 0 Å². The van der Waals surface area contributed by atoms with Gasteiger partial charge < -0.3 is 15.0 Å². The maximum atomic E-state index is 14.9. The molecule has 30 heavy (non-hydrogen) atoms. The van der Waals surface area contributed by atoms with Crippen molar-refractivity contribution in [3.63, 3.8) is 0 Å². The molecule has 6 atom stereocenters. The monoisotopic (exact) mass is 411 g/mol. The summed E-state index contributed by atoms with van der Waals surface area (Å²) in [6.07, 6.45) is 4.91. The molecule has 2 unspecified atom stereocenters. The molecule has 4 fully saturated rings. The Kier molecular flexibility index (Phi) is 5.51. The molecule has 3 heterocycles. The van der Waals surface area contributed by atoms with E-state index in [0.29, 0.717) is 29.4 Å². The first kappa shape index (κ1) is 20.0. The van der Waals surface area contributed by atoms with Crippen molar-refractivity contribution in [1.29, 1.82) is 5.26 Å². The van der Waals surface area contributed by atoms with Crippen molar-refractivity contribution in [1.82, 2.24) is 5.32 Å². The third kappa shape index (κ3) is 3.86. The summed E-state index contributed by atoms with van der Waals surface area (Å²) in [7, 11) is 0. The van der Waals surface area contributed by atoms with Crippen LogP contribution in [-0.4, -0.2) is 44.2 Å². The van der Waals surface area contributed by atoms with Crippen LogP contribution >= 0.6 is 0 Å². The number of anilines is 1. The molecule has 3 aliphatic heterocycles. The zero-order valence-electron chi connectivity index (χ0n) is 17.4. The van der Waals surface area contributed by atoms with Crippen LogP contribution in [0.4, 0.5) is 10.1 Å². The van der Waals surface area contributed by atoms with Gasteiger partial charge in [-0.2, -0.15) is 5.26 Å². The van der Waals surface area contributed by atoms with E-state index in [0.717, 1.165) is 57.7 Å². The molecule has 160 valence electrons. The van der Waals surface area contributed by atoms with Crippen molar-refractivity contribution in [2.75, 3.05) is 31.2 Å². The highest BCUT2D eigenvalue weighted by atomic mass is 19.1. The molecule has 1 aromatic rings. The normalized spacial score (nSPS) is 33.3. The van der Waals surface area contributed by atoms with Gasteiger partial charge in [0.05, 0.1) is 24.6 Å². The van der Waals surface area contributed by atoms with Gasteiger partial charge in [0.15, 0.2) is 5.78 Å². The lowest BCUT2D eigenvalue weighted by atomic mass is 9.88. The minimum absolute atomic E-state index is 0.102. The van der Waals surface area contributed by atoms with Crippen LogP contribution in [0.25, 0.3) is 0 Å². The van der Waals surface area contributed by atoms with E-state index < -0.39 is 5.92 Å². The average molecular weight is 412 g/mol. The molecule has 6 heteroatoms. The number of ether oxygens (including phenoxy) is 1. The minimum Gasteiger partial charge on any atom is -0.381 e. The second kappa shape index (κ2) is 8.28. The maximum Gasteiger partial charge on any atom is 0.151 e. The third-order valence-electron chi connectivity index (χ3n) is 7.76. The SMILES string of the molecule is N#C[C@@H](CC(=O)[C@H]1N[C@@H]2CC[C@H]1C2)Cc1ccc(N2CCC3COCC3C2)cc1F. The highest BCUT2D eigenvalue weighted by Crippen LogP contribution is 2.36. The summed E-state index contributed by atoms with van der Waals surface area (Å²) in [4.78, 5) is 15.0. The fourth-order valence-electron chi connectivity index (χ4n) is 6.01. The number of benzene rings is 1. The number of piperidine rings is 2. The molecule has 0 radical (unpaired) electrons. The van der Waals surface area contributed by atoms with E-state index in [2.05, 4.69) is 16.3 Å². The zero-order valence-corrected chi connectivity index (χ0v) is 17.4. The Morgan fingerprint density at radius 3 is 2.87 bits per heavy atom. The Balaban J connectivity index is 1.21. The van der Waals surface area contributed by atoms with Crippen LogP contribution in [0.5, 0.6) is 0 Å². The number of ketones is 1. The van der Waals surface area contributed by atoms with Crippen LogP contribution in [0.2, 0.25) is 0 Å². The molecule has 3 saturated heterocycles. The summed E-state index contributed by atoms with van der Waals surface area (Å²) >= 11 is 0. The first-order chi connectivity index (χ1) is 14.6. The van der Waals surface area contributed by atoms with Gasteiger partial charge in [-0.25, -0.2) is 4.39 Å². The van der Waals surface area contributed by atoms with Crippen molar-refractivity contribution in [3.05, 3.63) is 29.6 Å². The number of carbonyl (C=O) groups is 1. The molecular formula is C24H30FN3O2. The molecule has 0 aromatic heterocycles. The first-order valence-corrected chi connectivity index (χ1v) is 11.4. The van der Waals surface area contributed by atoms with Gasteiger partial charge in [0.1, 0.15) is 5.82 Å². The zero-order chi connectivity index (χ0) is 20.7. The van der Waals surface area contributed by atoms with Crippen LogP contribution in [0.15, 0.2) is 18.2 Å². The Labute approximate surface area is 177 Å². The molecule has 4 aliphatic rings. The molecule has 1 saturated carbocycles. The molecule has 1 aliphatic carbocycles. The van der Waals surface area contributed by atoms with E-state index >= 15 is 0 Å². The number of carbonyl (C=O) groups excluding carboxylic acids is 1. The van der Waals surface area contributed by atoms with Gasteiger partial charge in [-0.05, 0) is 61.6 Å².